The number of dihydropyridines is 1. The van der Waals surface area contributed by atoms with E-state index in [2.05, 4.69) is 5.32 Å². The first-order chi connectivity index (χ1) is 12.8. The number of hydrogen-bond donors (Lipinski definition) is 1. The molecule has 0 bridgehead atoms. The van der Waals surface area contributed by atoms with Gasteiger partial charge in [-0.25, -0.2) is 9.59 Å². The van der Waals surface area contributed by atoms with Crippen LogP contribution in [0.4, 0.5) is 5.69 Å². The van der Waals surface area contributed by atoms with Gasteiger partial charge in [0.1, 0.15) is 0 Å². The van der Waals surface area contributed by atoms with Gasteiger partial charge in [0.25, 0.3) is 5.69 Å². The van der Waals surface area contributed by atoms with Gasteiger partial charge in [-0.1, -0.05) is 19.1 Å². The number of nitrogens with zero attached hydrogens (tertiary/aromatic N) is 1. The number of hydrogen-bond acceptors (Lipinski definition) is 7. The van der Waals surface area contributed by atoms with Gasteiger partial charge in [0.15, 0.2) is 0 Å². The fourth-order valence-corrected chi connectivity index (χ4v) is 3.16. The van der Waals surface area contributed by atoms with Crippen molar-refractivity contribution >= 4 is 17.6 Å². The number of benzene rings is 1. The minimum absolute atomic E-state index is 0.130. The molecule has 0 saturated heterocycles. The first-order valence-electron chi connectivity index (χ1n) is 8.56. The first kappa shape index (κ1) is 20.2. The van der Waals surface area contributed by atoms with E-state index in [4.69, 9.17) is 9.47 Å². The lowest BCUT2D eigenvalue weighted by Gasteiger charge is -2.31. The van der Waals surface area contributed by atoms with E-state index in [0.29, 0.717) is 23.4 Å². The van der Waals surface area contributed by atoms with Crippen molar-refractivity contribution in [2.24, 2.45) is 0 Å². The second-order valence-electron chi connectivity index (χ2n) is 5.91. The summed E-state index contributed by atoms with van der Waals surface area (Å²) < 4.78 is 10.1. The zero-order valence-electron chi connectivity index (χ0n) is 15.7. The molecule has 27 heavy (non-hydrogen) atoms. The van der Waals surface area contributed by atoms with Crippen molar-refractivity contribution in [3.8, 4) is 0 Å². The summed E-state index contributed by atoms with van der Waals surface area (Å²) in [6.07, 6.45) is 0.491. The molecule has 0 radical (unpaired) electrons. The third-order valence-corrected chi connectivity index (χ3v) is 4.31. The van der Waals surface area contributed by atoms with Crippen LogP contribution in [0.3, 0.4) is 0 Å². The Kier molecular flexibility index (Phi) is 6.33. The highest BCUT2D eigenvalue weighted by Gasteiger charge is 2.38. The average molecular weight is 374 g/mol. The van der Waals surface area contributed by atoms with Gasteiger partial charge in [-0.15, -0.1) is 0 Å². The number of non-ortho nitro benzene ring substituents is 1. The number of carbonyl (C=O) groups excluding carboxylic acids is 2. The Labute approximate surface area is 157 Å². The molecule has 1 atom stereocenters. The molecule has 144 valence electrons. The Hall–Kier alpha value is -3.16. The van der Waals surface area contributed by atoms with Gasteiger partial charge in [-0.2, -0.15) is 0 Å². The topological polar surface area (TPSA) is 108 Å². The molecule has 1 aromatic rings. The third kappa shape index (κ3) is 3.99. The average Bonchev–Trinajstić information content (AvgIpc) is 2.66. The molecule has 0 fully saturated rings. The van der Waals surface area contributed by atoms with Crippen LogP contribution in [0, 0.1) is 10.1 Å². The van der Waals surface area contributed by atoms with E-state index in [0.717, 1.165) is 0 Å². The highest BCUT2D eigenvalue weighted by molar-refractivity contribution is 6.00. The molecule has 8 heteroatoms. The van der Waals surface area contributed by atoms with Gasteiger partial charge < -0.3 is 14.8 Å². The quantitative estimate of drug-likeness (QED) is 0.463. The van der Waals surface area contributed by atoms with E-state index in [1.807, 2.05) is 6.92 Å². The SMILES string of the molecule is CCOC(=O)C1=C(CC)NC(C)=C(C(=O)OC)C1c1cccc([N+](=O)[O-])c1. The molecule has 1 N–H and O–H groups in total. The van der Waals surface area contributed by atoms with Crippen LogP contribution in [0.25, 0.3) is 0 Å². The molecule has 1 aliphatic rings. The van der Waals surface area contributed by atoms with Crippen LogP contribution in [0.1, 0.15) is 38.7 Å². The van der Waals surface area contributed by atoms with Crippen LogP contribution in [-0.4, -0.2) is 30.6 Å². The summed E-state index contributed by atoms with van der Waals surface area (Å²) in [5.74, 6) is -2.02. The van der Waals surface area contributed by atoms with Crippen molar-refractivity contribution < 1.29 is 24.0 Å². The monoisotopic (exact) mass is 374 g/mol. The normalized spacial score (nSPS) is 16.7. The van der Waals surface area contributed by atoms with Crippen LogP contribution in [0.15, 0.2) is 46.8 Å². The lowest BCUT2D eigenvalue weighted by Crippen LogP contribution is -2.33. The molecule has 1 unspecified atom stereocenters. The zero-order valence-corrected chi connectivity index (χ0v) is 15.7. The summed E-state index contributed by atoms with van der Waals surface area (Å²) in [5, 5.41) is 14.3. The van der Waals surface area contributed by atoms with Gasteiger partial charge in [-0.3, -0.25) is 10.1 Å². The molecule has 8 nitrogen and oxygen atoms in total. The van der Waals surface area contributed by atoms with E-state index in [1.54, 1.807) is 19.9 Å². The Bertz CT molecular complexity index is 840. The van der Waals surface area contributed by atoms with Crippen LogP contribution >= 0.6 is 0 Å². The fourth-order valence-electron chi connectivity index (χ4n) is 3.16. The fraction of sp³-hybridized carbons (Fsp3) is 0.368. The number of ether oxygens (including phenoxy) is 2. The lowest BCUT2D eigenvalue weighted by molar-refractivity contribution is -0.384. The predicted octanol–water partition coefficient (Wildman–Crippen LogP) is 2.96. The number of nitro benzene ring substituents is 1. The summed E-state index contributed by atoms with van der Waals surface area (Å²) >= 11 is 0. The molecule has 0 aromatic heterocycles. The Morgan fingerprint density at radius 3 is 2.48 bits per heavy atom. The maximum atomic E-state index is 12.7. The number of nitro groups is 1. The van der Waals surface area contributed by atoms with Crippen molar-refractivity contribution in [1.82, 2.24) is 5.32 Å². The van der Waals surface area contributed by atoms with Gasteiger partial charge in [-0.05, 0) is 25.8 Å². The second-order valence-corrected chi connectivity index (χ2v) is 5.91. The summed E-state index contributed by atoms with van der Waals surface area (Å²) in [6, 6.07) is 5.88. The minimum Gasteiger partial charge on any atom is -0.466 e. The van der Waals surface area contributed by atoms with Crippen LogP contribution in [0.5, 0.6) is 0 Å². The highest BCUT2D eigenvalue weighted by Crippen LogP contribution is 2.40. The molecule has 1 heterocycles. The van der Waals surface area contributed by atoms with Crippen LogP contribution in [-0.2, 0) is 19.1 Å². The van der Waals surface area contributed by atoms with Gasteiger partial charge in [0, 0.05) is 23.5 Å². The number of carbonyl (C=O) groups is 2. The van der Waals surface area contributed by atoms with E-state index < -0.39 is 22.8 Å². The maximum Gasteiger partial charge on any atom is 0.336 e. The van der Waals surface area contributed by atoms with Crippen molar-refractivity contribution in [2.45, 2.75) is 33.1 Å². The van der Waals surface area contributed by atoms with Crippen molar-refractivity contribution in [2.75, 3.05) is 13.7 Å². The predicted molar refractivity (Wildman–Crippen MR) is 97.6 cm³/mol. The van der Waals surface area contributed by atoms with Gasteiger partial charge in [0.2, 0.25) is 0 Å². The lowest BCUT2D eigenvalue weighted by atomic mass is 9.79. The molecule has 0 amide bonds. The number of rotatable bonds is 6. The number of nitrogens with one attached hydrogen (secondary N) is 1. The number of methoxy groups -OCH3 is 1. The Morgan fingerprint density at radius 2 is 1.93 bits per heavy atom. The first-order valence-corrected chi connectivity index (χ1v) is 8.56. The van der Waals surface area contributed by atoms with Crippen molar-refractivity contribution in [3.05, 3.63) is 62.5 Å². The highest BCUT2D eigenvalue weighted by atomic mass is 16.6. The molecule has 0 saturated carbocycles. The molecule has 1 aliphatic heterocycles. The van der Waals surface area contributed by atoms with E-state index >= 15 is 0 Å². The summed E-state index contributed by atoms with van der Waals surface area (Å²) in [5.41, 5.74) is 1.93. The molecular weight excluding hydrogens is 352 g/mol. The summed E-state index contributed by atoms with van der Waals surface area (Å²) in [7, 11) is 1.25. The molecule has 0 spiro atoms. The molecule has 1 aromatic carbocycles. The minimum atomic E-state index is -0.826. The smallest absolute Gasteiger partial charge is 0.336 e. The van der Waals surface area contributed by atoms with Crippen LogP contribution in [0.2, 0.25) is 0 Å². The molecule has 0 aliphatic carbocycles. The summed E-state index contributed by atoms with van der Waals surface area (Å²) in [4.78, 5) is 35.9. The number of esters is 2. The standard InChI is InChI=1S/C19H22N2O6/c1-5-14-17(19(23)27-6-2)16(15(11(3)20-14)18(22)26-4)12-8-7-9-13(10-12)21(24)25/h7-10,16,20H,5-6H2,1-4H3. The summed E-state index contributed by atoms with van der Waals surface area (Å²) in [6.45, 7) is 5.42. The van der Waals surface area contributed by atoms with E-state index in [9.17, 15) is 19.7 Å². The molecule has 2 rings (SSSR count). The maximum absolute atomic E-state index is 12.7. The Morgan fingerprint density at radius 1 is 1.22 bits per heavy atom. The largest absolute Gasteiger partial charge is 0.466 e. The van der Waals surface area contributed by atoms with Crippen LogP contribution < -0.4 is 5.32 Å². The third-order valence-electron chi connectivity index (χ3n) is 4.31. The van der Waals surface area contributed by atoms with Gasteiger partial charge in [0.05, 0.1) is 35.7 Å². The van der Waals surface area contributed by atoms with Crippen molar-refractivity contribution in [1.29, 1.82) is 0 Å². The second kappa shape index (κ2) is 8.48. The Balaban J connectivity index is 2.74. The van der Waals surface area contributed by atoms with Crippen molar-refractivity contribution in [3.63, 3.8) is 0 Å². The zero-order chi connectivity index (χ0) is 20.1. The number of allylic oxidation sites excluding steroid dienone is 2. The van der Waals surface area contributed by atoms with E-state index in [1.165, 1.54) is 25.3 Å². The van der Waals surface area contributed by atoms with E-state index in [-0.39, 0.29) is 23.4 Å². The van der Waals surface area contributed by atoms with Gasteiger partial charge >= 0.3 is 11.9 Å². The molecular formula is C19H22N2O6.